The van der Waals surface area contributed by atoms with Crippen LogP contribution in [0.1, 0.15) is 26.7 Å². The molecule has 1 aliphatic rings. The Labute approximate surface area is 142 Å². The molecule has 2 heterocycles. The molecule has 1 amide bonds. The van der Waals surface area contributed by atoms with Crippen LogP contribution < -0.4 is 15.5 Å². The van der Waals surface area contributed by atoms with Gasteiger partial charge < -0.3 is 15.5 Å². The molecule has 0 unspecified atom stereocenters. The summed E-state index contributed by atoms with van der Waals surface area (Å²) in [7, 11) is 0. The highest BCUT2D eigenvalue weighted by atomic mass is 16.1. The topological polar surface area (TPSA) is 70.2 Å². The van der Waals surface area contributed by atoms with Gasteiger partial charge in [-0.1, -0.05) is 13.8 Å². The van der Waals surface area contributed by atoms with Gasteiger partial charge in [-0.05, 0) is 37.1 Å². The number of aromatic nitrogens is 2. The maximum atomic E-state index is 11.7. The maximum Gasteiger partial charge on any atom is 0.226 e. The van der Waals surface area contributed by atoms with Crippen molar-refractivity contribution in [1.29, 1.82) is 0 Å². The van der Waals surface area contributed by atoms with Crippen LogP contribution in [0.3, 0.4) is 0 Å². The molecule has 126 valence electrons. The Morgan fingerprint density at radius 3 is 2.46 bits per heavy atom. The van der Waals surface area contributed by atoms with E-state index >= 15 is 0 Å². The number of amides is 1. The fourth-order valence-electron chi connectivity index (χ4n) is 2.64. The third kappa shape index (κ3) is 4.01. The minimum absolute atomic E-state index is 0.0138. The van der Waals surface area contributed by atoms with Gasteiger partial charge in [-0.2, -0.15) is 5.10 Å². The number of nitrogens with one attached hydrogen (secondary N) is 2. The molecule has 0 aliphatic carbocycles. The lowest BCUT2D eigenvalue weighted by atomic mass is 10.2. The number of hydrogen-bond acceptors (Lipinski definition) is 5. The fraction of sp³-hybridized carbons (Fsp3) is 0.389. The molecule has 1 aliphatic heterocycles. The predicted octanol–water partition coefficient (Wildman–Crippen LogP) is 3.41. The van der Waals surface area contributed by atoms with Crippen LogP contribution in [0.2, 0.25) is 0 Å². The van der Waals surface area contributed by atoms with E-state index in [-0.39, 0.29) is 11.8 Å². The van der Waals surface area contributed by atoms with Crippen LogP contribution in [0.5, 0.6) is 0 Å². The summed E-state index contributed by atoms with van der Waals surface area (Å²) in [6, 6.07) is 9.60. The van der Waals surface area contributed by atoms with E-state index < -0.39 is 0 Å². The van der Waals surface area contributed by atoms with E-state index in [4.69, 9.17) is 0 Å². The fourth-order valence-corrected chi connectivity index (χ4v) is 2.64. The van der Waals surface area contributed by atoms with Gasteiger partial charge in [0.05, 0.1) is 11.9 Å². The summed E-state index contributed by atoms with van der Waals surface area (Å²) in [5.74, 6) is 0.699. The minimum Gasteiger partial charge on any atom is -0.370 e. The van der Waals surface area contributed by atoms with Crippen molar-refractivity contribution in [3.63, 3.8) is 0 Å². The molecule has 24 heavy (non-hydrogen) atoms. The third-order valence-electron chi connectivity index (χ3n) is 4.06. The van der Waals surface area contributed by atoms with Crippen molar-refractivity contribution in [2.75, 3.05) is 28.6 Å². The second-order valence-corrected chi connectivity index (χ2v) is 6.34. The van der Waals surface area contributed by atoms with E-state index in [1.54, 1.807) is 6.20 Å². The standard InChI is InChI=1S/C18H23N5O/c1-13(2)18(24)21-15-7-5-14(6-8-15)20-17-11-16(12-19-22-17)23-9-3-4-10-23/h5-8,11-13H,3-4,9-10H2,1-2H3,(H,20,22)(H,21,24). The van der Waals surface area contributed by atoms with Gasteiger partial charge in [-0.15, -0.1) is 5.10 Å². The highest BCUT2D eigenvalue weighted by Gasteiger charge is 2.13. The van der Waals surface area contributed by atoms with E-state index in [0.29, 0.717) is 0 Å². The van der Waals surface area contributed by atoms with Gasteiger partial charge >= 0.3 is 0 Å². The maximum absolute atomic E-state index is 11.7. The zero-order valence-electron chi connectivity index (χ0n) is 14.1. The van der Waals surface area contributed by atoms with Gasteiger partial charge in [-0.3, -0.25) is 4.79 Å². The lowest BCUT2D eigenvalue weighted by Crippen LogP contribution is -2.18. The van der Waals surface area contributed by atoms with Crippen LogP contribution in [0.4, 0.5) is 22.9 Å². The molecule has 3 rings (SSSR count). The molecular formula is C18H23N5O. The van der Waals surface area contributed by atoms with Crippen molar-refractivity contribution >= 4 is 28.8 Å². The summed E-state index contributed by atoms with van der Waals surface area (Å²) >= 11 is 0. The first-order valence-electron chi connectivity index (χ1n) is 8.37. The molecule has 1 fully saturated rings. The van der Waals surface area contributed by atoms with E-state index in [0.717, 1.165) is 36.0 Å². The van der Waals surface area contributed by atoms with Crippen molar-refractivity contribution < 1.29 is 4.79 Å². The molecule has 0 spiro atoms. The largest absolute Gasteiger partial charge is 0.370 e. The Morgan fingerprint density at radius 1 is 1.12 bits per heavy atom. The van der Waals surface area contributed by atoms with Crippen LogP contribution in [-0.4, -0.2) is 29.2 Å². The van der Waals surface area contributed by atoms with E-state index in [9.17, 15) is 4.79 Å². The summed E-state index contributed by atoms with van der Waals surface area (Å²) in [4.78, 5) is 14.0. The zero-order chi connectivity index (χ0) is 16.9. The molecule has 6 heteroatoms. The van der Waals surface area contributed by atoms with Crippen LogP contribution >= 0.6 is 0 Å². The van der Waals surface area contributed by atoms with Gasteiger partial charge in [0, 0.05) is 36.4 Å². The summed E-state index contributed by atoms with van der Waals surface area (Å²) in [5.41, 5.74) is 2.80. The van der Waals surface area contributed by atoms with Gasteiger partial charge in [0.1, 0.15) is 0 Å². The number of benzene rings is 1. The molecule has 1 aromatic heterocycles. The van der Waals surface area contributed by atoms with Gasteiger partial charge in [0.25, 0.3) is 0 Å². The van der Waals surface area contributed by atoms with Crippen LogP contribution in [0, 0.1) is 5.92 Å². The Bertz CT molecular complexity index is 693. The number of rotatable bonds is 5. The summed E-state index contributed by atoms with van der Waals surface area (Å²) in [5, 5.41) is 14.4. The second-order valence-electron chi connectivity index (χ2n) is 6.34. The molecule has 0 atom stereocenters. The first-order valence-corrected chi connectivity index (χ1v) is 8.37. The Morgan fingerprint density at radius 2 is 1.79 bits per heavy atom. The average Bonchev–Trinajstić information content (AvgIpc) is 3.11. The number of hydrogen-bond donors (Lipinski definition) is 2. The quantitative estimate of drug-likeness (QED) is 0.881. The van der Waals surface area contributed by atoms with Gasteiger partial charge in [-0.25, -0.2) is 0 Å². The Kier molecular flexibility index (Phi) is 4.93. The van der Waals surface area contributed by atoms with Crippen molar-refractivity contribution in [2.24, 2.45) is 5.92 Å². The molecule has 2 N–H and O–H groups in total. The third-order valence-corrected chi connectivity index (χ3v) is 4.06. The van der Waals surface area contributed by atoms with E-state index in [1.165, 1.54) is 12.8 Å². The molecular weight excluding hydrogens is 302 g/mol. The van der Waals surface area contributed by atoms with Gasteiger partial charge in [0.2, 0.25) is 5.91 Å². The average molecular weight is 325 g/mol. The second kappa shape index (κ2) is 7.29. The number of anilines is 4. The lowest BCUT2D eigenvalue weighted by molar-refractivity contribution is -0.118. The van der Waals surface area contributed by atoms with Crippen molar-refractivity contribution in [2.45, 2.75) is 26.7 Å². The van der Waals surface area contributed by atoms with Crippen LogP contribution in [-0.2, 0) is 4.79 Å². The van der Waals surface area contributed by atoms with E-state index in [2.05, 4.69) is 25.7 Å². The van der Waals surface area contributed by atoms with Crippen LogP contribution in [0.25, 0.3) is 0 Å². The summed E-state index contributed by atoms with van der Waals surface area (Å²) in [6.45, 7) is 5.90. The lowest BCUT2D eigenvalue weighted by Gasteiger charge is -2.17. The highest BCUT2D eigenvalue weighted by Crippen LogP contribution is 2.23. The molecule has 2 aromatic rings. The molecule has 0 saturated carbocycles. The number of carbonyl (C=O) groups is 1. The minimum atomic E-state index is -0.0357. The Balaban J connectivity index is 1.65. The Hall–Kier alpha value is -2.63. The van der Waals surface area contributed by atoms with Gasteiger partial charge in [0.15, 0.2) is 5.82 Å². The molecule has 0 radical (unpaired) electrons. The van der Waals surface area contributed by atoms with Crippen molar-refractivity contribution in [3.8, 4) is 0 Å². The summed E-state index contributed by atoms with van der Waals surface area (Å²) in [6.07, 6.45) is 4.27. The first-order chi connectivity index (χ1) is 11.6. The normalized spacial score (nSPS) is 14.0. The SMILES string of the molecule is CC(C)C(=O)Nc1ccc(Nc2cc(N3CCCC3)cnn2)cc1. The molecule has 6 nitrogen and oxygen atoms in total. The molecule has 1 saturated heterocycles. The van der Waals surface area contributed by atoms with Crippen molar-refractivity contribution in [3.05, 3.63) is 36.5 Å². The van der Waals surface area contributed by atoms with Crippen molar-refractivity contribution in [1.82, 2.24) is 10.2 Å². The van der Waals surface area contributed by atoms with E-state index in [1.807, 2.05) is 44.2 Å². The monoisotopic (exact) mass is 325 g/mol. The molecule has 0 bridgehead atoms. The number of nitrogens with zero attached hydrogens (tertiary/aromatic N) is 3. The summed E-state index contributed by atoms with van der Waals surface area (Å²) < 4.78 is 0. The number of carbonyl (C=O) groups excluding carboxylic acids is 1. The smallest absolute Gasteiger partial charge is 0.226 e. The molecule has 1 aromatic carbocycles. The predicted molar refractivity (Wildman–Crippen MR) is 96.7 cm³/mol. The highest BCUT2D eigenvalue weighted by molar-refractivity contribution is 5.92. The zero-order valence-corrected chi connectivity index (χ0v) is 14.1. The first kappa shape index (κ1) is 16.2. The van der Waals surface area contributed by atoms with Crippen LogP contribution in [0.15, 0.2) is 36.5 Å².